The summed E-state index contributed by atoms with van der Waals surface area (Å²) in [6.45, 7) is 5.01. The molecule has 108 valence electrons. The van der Waals surface area contributed by atoms with Crippen molar-refractivity contribution in [2.24, 2.45) is 16.8 Å². The van der Waals surface area contributed by atoms with Crippen LogP contribution in [-0.2, 0) is 0 Å². The molecule has 0 spiro atoms. The summed E-state index contributed by atoms with van der Waals surface area (Å²) in [4.78, 5) is 14.5. The van der Waals surface area contributed by atoms with E-state index in [9.17, 15) is 4.79 Å². The molecule has 1 fully saturated rings. The summed E-state index contributed by atoms with van der Waals surface area (Å²) in [5.41, 5.74) is 6.76. The number of hydrogen-bond donors (Lipinski definition) is 2. The third kappa shape index (κ3) is 3.29. The monoisotopic (exact) mass is 275 g/mol. The van der Waals surface area contributed by atoms with Crippen LogP contribution in [0.15, 0.2) is 29.4 Å². The number of amidine groups is 1. The van der Waals surface area contributed by atoms with E-state index >= 15 is 0 Å². The summed E-state index contributed by atoms with van der Waals surface area (Å²) in [5.74, 6) is 0.563. The Balaban J connectivity index is 2.15. The highest BCUT2D eigenvalue weighted by Crippen LogP contribution is 2.29. The first-order chi connectivity index (χ1) is 9.52. The van der Waals surface area contributed by atoms with Crippen molar-refractivity contribution >= 4 is 11.7 Å². The molecule has 5 nitrogen and oxygen atoms in total. The lowest BCUT2D eigenvalue weighted by molar-refractivity contribution is 0.0722. The molecule has 0 aliphatic heterocycles. The number of rotatable bonds is 5. The first-order valence-electron chi connectivity index (χ1n) is 6.92. The minimum atomic E-state index is 0.0465. The molecular weight excluding hydrogens is 254 g/mol. The van der Waals surface area contributed by atoms with Gasteiger partial charge in [-0.05, 0) is 30.9 Å². The van der Waals surface area contributed by atoms with Gasteiger partial charge in [-0.1, -0.05) is 31.1 Å². The highest BCUT2D eigenvalue weighted by Gasteiger charge is 2.33. The van der Waals surface area contributed by atoms with Gasteiger partial charge in [-0.2, -0.15) is 0 Å². The smallest absolute Gasteiger partial charge is 0.254 e. The fraction of sp³-hybridized carbons (Fsp3) is 0.467. The van der Waals surface area contributed by atoms with Crippen molar-refractivity contribution in [3.8, 4) is 0 Å². The second kappa shape index (κ2) is 5.94. The van der Waals surface area contributed by atoms with Gasteiger partial charge in [-0.25, -0.2) is 0 Å². The van der Waals surface area contributed by atoms with E-state index in [-0.39, 0.29) is 11.7 Å². The highest BCUT2D eigenvalue weighted by molar-refractivity contribution is 5.99. The quantitative estimate of drug-likeness (QED) is 0.373. The Hall–Kier alpha value is -2.04. The van der Waals surface area contributed by atoms with Crippen LogP contribution in [0.2, 0.25) is 0 Å². The molecule has 0 aromatic heterocycles. The summed E-state index contributed by atoms with van der Waals surface area (Å²) in [5, 5.41) is 11.6. The number of carbonyl (C=O) groups excluding carboxylic acids is 1. The Morgan fingerprint density at radius 1 is 1.35 bits per heavy atom. The lowest BCUT2D eigenvalue weighted by Crippen LogP contribution is -2.36. The number of oxime groups is 1. The maximum atomic E-state index is 12.5. The first kappa shape index (κ1) is 14.4. The van der Waals surface area contributed by atoms with E-state index in [0.717, 1.165) is 19.4 Å². The Morgan fingerprint density at radius 2 is 1.90 bits per heavy atom. The molecule has 1 saturated carbocycles. The number of nitrogens with zero attached hydrogens (tertiary/aromatic N) is 2. The maximum Gasteiger partial charge on any atom is 0.254 e. The maximum absolute atomic E-state index is 12.5. The second-order valence-corrected chi connectivity index (χ2v) is 5.65. The van der Waals surface area contributed by atoms with Crippen LogP contribution >= 0.6 is 0 Å². The first-order valence-corrected chi connectivity index (χ1v) is 6.92. The van der Waals surface area contributed by atoms with Crippen molar-refractivity contribution in [3.05, 3.63) is 35.4 Å². The van der Waals surface area contributed by atoms with Crippen LogP contribution in [0.4, 0.5) is 0 Å². The van der Waals surface area contributed by atoms with Crippen LogP contribution in [0, 0.1) is 5.92 Å². The van der Waals surface area contributed by atoms with Gasteiger partial charge in [0, 0.05) is 23.7 Å². The molecule has 1 aromatic carbocycles. The molecule has 1 aliphatic rings. The van der Waals surface area contributed by atoms with Gasteiger partial charge in [0.15, 0.2) is 5.84 Å². The fourth-order valence-corrected chi connectivity index (χ4v) is 2.18. The molecule has 0 heterocycles. The number of benzene rings is 1. The highest BCUT2D eigenvalue weighted by atomic mass is 16.4. The van der Waals surface area contributed by atoms with E-state index in [1.165, 1.54) is 0 Å². The predicted octanol–water partition coefficient (Wildman–Crippen LogP) is 2.04. The van der Waals surface area contributed by atoms with Gasteiger partial charge in [0.05, 0.1) is 0 Å². The third-order valence-corrected chi connectivity index (χ3v) is 3.35. The van der Waals surface area contributed by atoms with Crippen LogP contribution in [-0.4, -0.2) is 34.4 Å². The predicted molar refractivity (Wildman–Crippen MR) is 77.8 cm³/mol. The topological polar surface area (TPSA) is 78.9 Å². The number of carbonyl (C=O) groups is 1. The van der Waals surface area contributed by atoms with Crippen molar-refractivity contribution in [2.75, 3.05) is 6.54 Å². The molecule has 1 amide bonds. The molecule has 0 atom stereocenters. The average molecular weight is 275 g/mol. The van der Waals surface area contributed by atoms with Crippen molar-refractivity contribution in [3.63, 3.8) is 0 Å². The summed E-state index contributed by atoms with van der Waals surface area (Å²) in [7, 11) is 0. The Labute approximate surface area is 119 Å². The molecule has 0 saturated heterocycles. The van der Waals surface area contributed by atoms with Crippen LogP contribution in [0.5, 0.6) is 0 Å². The standard InChI is InChI=1S/C15H21N3O2/c1-10(2)9-18(13-7-8-13)15(19)12-5-3-11(4-6-12)14(16)17-20/h3-6,10,13,20H,7-9H2,1-2H3,(H2,16,17). The third-order valence-electron chi connectivity index (χ3n) is 3.35. The Kier molecular flexibility index (Phi) is 4.27. The number of hydrogen-bond acceptors (Lipinski definition) is 3. The number of amides is 1. The van der Waals surface area contributed by atoms with Gasteiger partial charge in [0.25, 0.3) is 5.91 Å². The number of nitrogens with two attached hydrogens (primary N) is 1. The summed E-state index contributed by atoms with van der Waals surface area (Å²) >= 11 is 0. The van der Waals surface area contributed by atoms with Crippen molar-refractivity contribution in [1.82, 2.24) is 4.90 Å². The van der Waals surface area contributed by atoms with E-state index in [2.05, 4.69) is 19.0 Å². The van der Waals surface area contributed by atoms with Gasteiger partial charge in [0.1, 0.15) is 0 Å². The van der Waals surface area contributed by atoms with Gasteiger partial charge < -0.3 is 15.8 Å². The van der Waals surface area contributed by atoms with E-state index in [1.54, 1.807) is 24.3 Å². The van der Waals surface area contributed by atoms with Crippen molar-refractivity contribution in [2.45, 2.75) is 32.7 Å². The van der Waals surface area contributed by atoms with Gasteiger partial charge >= 0.3 is 0 Å². The zero-order valence-corrected chi connectivity index (χ0v) is 11.9. The second-order valence-electron chi connectivity index (χ2n) is 5.65. The molecule has 1 aromatic rings. The summed E-state index contributed by atoms with van der Waals surface area (Å²) < 4.78 is 0. The SMILES string of the molecule is CC(C)CN(C(=O)c1ccc(C(N)=NO)cc1)C1CC1. The Bertz CT molecular complexity index is 504. The lowest BCUT2D eigenvalue weighted by Gasteiger charge is -2.24. The van der Waals surface area contributed by atoms with Crippen LogP contribution in [0.1, 0.15) is 42.6 Å². The van der Waals surface area contributed by atoms with Gasteiger partial charge in [-0.3, -0.25) is 4.79 Å². The molecule has 5 heteroatoms. The zero-order chi connectivity index (χ0) is 14.7. The van der Waals surface area contributed by atoms with E-state index in [4.69, 9.17) is 10.9 Å². The molecule has 0 radical (unpaired) electrons. The Morgan fingerprint density at radius 3 is 2.35 bits per heavy atom. The molecule has 0 bridgehead atoms. The van der Waals surface area contributed by atoms with E-state index in [0.29, 0.717) is 23.1 Å². The summed E-state index contributed by atoms with van der Waals surface area (Å²) in [6, 6.07) is 7.25. The van der Waals surface area contributed by atoms with Gasteiger partial charge in [-0.15, -0.1) is 0 Å². The summed E-state index contributed by atoms with van der Waals surface area (Å²) in [6.07, 6.45) is 2.20. The lowest BCUT2D eigenvalue weighted by atomic mass is 10.1. The molecular formula is C15H21N3O2. The van der Waals surface area contributed by atoms with Gasteiger partial charge in [0.2, 0.25) is 0 Å². The van der Waals surface area contributed by atoms with Crippen LogP contribution < -0.4 is 5.73 Å². The van der Waals surface area contributed by atoms with Crippen LogP contribution in [0.3, 0.4) is 0 Å². The molecule has 20 heavy (non-hydrogen) atoms. The normalized spacial score (nSPS) is 15.4. The van der Waals surface area contributed by atoms with Crippen molar-refractivity contribution < 1.29 is 10.0 Å². The molecule has 1 aliphatic carbocycles. The molecule has 3 N–H and O–H groups in total. The fourth-order valence-electron chi connectivity index (χ4n) is 2.18. The van der Waals surface area contributed by atoms with E-state index < -0.39 is 0 Å². The molecule has 2 rings (SSSR count). The largest absolute Gasteiger partial charge is 0.409 e. The minimum Gasteiger partial charge on any atom is -0.409 e. The average Bonchev–Trinajstić information content (AvgIpc) is 3.27. The minimum absolute atomic E-state index is 0.0465. The zero-order valence-electron chi connectivity index (χ0n) is 11.9. The molecule has 0 unspecified atom stereocenters. The van der Waals surface area contributed by atoms with Crippen molar-refractivity contribution in [1.29, 1.82) is 0 Å². The van der Waals surface area contributed by atoms with Crippen LogP contribution in [0.25, 0.3) is 0 Å². The van der Waals surface area contributed by atoms with E-state index in [1.807, 2.05) is 4.90 Å².